The second kappa shape index (κ2) is 7.68. The van der Waals surface area contributed by atoms with Gasteiger partial charge >= 0.3 is 5.97 Å². The molecule has 0 aliphatic carbocycles. The molecule has 0 amide bonds. The lowest BCUT2D eigenvalue weighted by Gasteiger charge is -2.23. The normalized spacial score (nSPS) is 10.7. The molecule has 1 N–H and O–H groups in total. The molecule has 0 fully saturated rings. The third-order valence-electron chi connectivity index (χ3n) is 3.41. The Morgan fingerprint density at radius 3 is 2.48 bits per heavy atom. The van der Waals surface area contributed by atoms with Gasteiger partial charge in [-0.1, -0.05) is 24.3 Å². The first kappa shape index (κ1) is 18.3. The van der Waals surface area contributed by atoms with Crippen LogP contribution < -0.4 is 9.04 Å². The van der Waals surface area contributed by atoms with Gasteiger partial charge in [-0.25, -0.2) is 8.42 Å². The fourth-order valence-electron chi connectivity index (χ4n) is 2.30. The monoisotopic (exact) mass is 360 g/mol. The Morgan fingerprint density at radius 2 is 1.92 bits per heavy atom. The number of nitrogens with zero attached hydrogens (tertiary/aromatic N) is 2. The van der Waals surface area contributed by atoms with Crippen LogP contribution in [0.1, 0.15) is 5.56 Å². The van der Waals surface area contributed by atoms with E-state index in [1.54, 1.807) is 30.3 Å². The molecule has 2 rings (SSSR count). The van der Waals surface area contributed by atoms with Crippen LogP contribution in [-0.4, -0.2) is 33.1 Å². The molecule has 0 aliphatic heterocycles. The molecule has 25 heavy (non-hydrogen) atoms. The quantitative estimate of drug-likeness (QED) is 0.757. The number of hydrogen-bond donors (Lipinski definition) is 1. The largest absolute Gasteiger partial charge is 0.495 e. The average molecular weight is 360 g/mol. The molecule has 0 unspecified atom stereocenters. The summed E-state index contributed by atoms with van der Waals surface area (Å²) < 4.78 is 32.2. The number of carbonyl (C=O) groups is 1. The zero-order valence-corrected chi connectivity index (χ0v) is 14.2. The highest BCUT2D eigenvalue weighted by Crippen LogP contribution is 2.30. The standard InChI is InChI=1S/C17H16N2O5S/c1-24-15-8-7-13(12-17(20)21)11-16(15)25(22,23)19(10-9-18)14-5-3-2-4-6-14/h2-8,11H,10,12H2,1H3,(H,20,21). The molecule has 0 radical (unpaired) electrons. The number of ether oxygens (including phenoxy) is 1. The highest BCUT2D eigenvalue weighted by atomic mass is 32.2. The van der Waals surface area contributed by atoms with Crippen LogP contribution in [-0.2, 0) is 21.2 Å². The summed E-state index contributed by atoms with van der Waals surface area (Å²) in [5.74, 6) is -1.00. The smallest absolute Gasteiger partial charge is 0.307 e. The molecule has 0 aromatic heterocycles. The predicted molar refractivity (Wildman–Crippen MR) is 90.9 cm³/mol. The number of hydrogen-bond acceptors (Lipinski definition) is 5. The fraction of sp³-hybridized carbons (Fsp3) is 0.176. The van der Waals surface area contributed by atoms with E-state index < -0.39 is 22.5 Å². The summed E-state index contributed by atoms with van der Waals surface area (Å²) in [5, 5.41) is 18.0. The van der Waals surface area contributed by atoms with Crippen molar-refractivity contribution in [1.29, 1.82) is 5.26 Å². The predicted octanol–water partition coefficient (Wildman–Crippen LogP) is 2.04. The zero-order chi connectivity index (χ0) is 18.4. The summed E-state index contributed by atoms with van der Waals surface area (Å²) in [7, 11) is -2.80. The number of rotatable bonds is 7. The van der Waals surface area contributed by atoms with E-state index in [1.807, 2.05) is 6.07 Å². The Bertz CT molecular complexity index is 904. The highest BCUT2D eigenvalue weighted by Gasteiger charge is 2.28. The van der Waals surface area contributed by atoms with Gasteiger partial charge < -0.3 is 9.84 Å². The van der Waals surface area contributed by atoms with Crippen LogP contribution in [0.2, 0.25) is 0 Å². The Balaban J connectivity index is 2.59. The molecule has 0 aliphatic rings. The third-order valence-corrected chi connectivity index (χ3v) is 5.20. The van der Waals surface area contributed by atoms with Crippen molar-refractivity contribution in [2.45, 2.75) is 11.3 Å². The van der Waals surface area contributed by atoms with Crippen molar-refractivity contribution < 1.29 is 23.1 Å². The third kappa shape index (κ3) is 4.08. The van der Waals surface area contributed by atoms with Crippen molar-refractivity contribution in [2.75, 3.05) is 18.0 Å². The summed E-state index contributed by atoms with van der Waals surface area (Å²) in [4.78, 5) is 10.7. The molecular formula is C17H16N2O5S. The van der Waals surface area contributed by atoms with Crippen molar-refractivity contribution in [1.82, 2.24) is 0 Å². The van der Waals surface area contributed by atoms with Crippen LogP contribution in [0.15, 0.2) is 53.4 Å². The SMILES string of the molecule is COc1ccc(CC(=O)O)cc1S(=O)(=O)N(CC#N)c1ccccc1. The molecule has 7 nitrogen and oxygen atoms in total. The first-order chi connectivity index (χ1) is 11.9. The molecule has 0 heterocycles. The van der Waals surface area contributed by atoms with Gasteiger partial charge in [0, 0.05) is 0 Å². The van der Waals surface area contributed by atoms with Crippen LogP contribution in [0.4, 0.5) is 5.69 Å². The van der Waals surface area contributed by atoms with Gasteiger partial charge in [-0.05, 0) is 29.8 Å². The van der Waals surface area contributed by atoms with E-state index in [9.17, 15) is 13.2 Å². The van der Waals surface area contributed by atoms with Crippen molar-refractivity contribution in [2.24, 2.45) is 0 Å². The number of anilines is 1. The van der Waals surface area contributed by atoms with Gasteiger partial charge in [0.2, 0.25) is 0 Å². The van der Waals surface area contributed by atoms with Gasteiger partial charge in [0.25, 0.3) is 10.0 Å². The minimum absolute atomic E-state index is 0.0769. The summed E-state index contributed by atoms with van der Waals surface area (Å²) in [6.45, 7) is -0.390. The maximum Gasteiger partial charge on any atom is 0.307 e. The molecule has 0 bridgehead atoms. The molecule has 0 spiro atoms. The first-order valence-electron chi connectivity index (χ1n) is 7.23. The average Bonchev–Trinajstić information content (AvgIpc) is 2.59. The number of nitriles is 1. The van der Waals surface area contributed by atoms with Gasteiger partial charge in [-0.15, -0.1) is 0 Å². The van der Waals surface area contributed by atoms with E-state index in [0.717, 1.165) is 4.31 Å². The second-order valence-electron chi connectivity index (χ2n) is 5.06. The van der Waals surface area contributed by atoms with Crippen LogP contribution in [0.25, 0.3) is 0 Å². The Morgan fingerprint density at radius 1 is 1.24 bits per heavy atom. The van der Waals surface area contributed by atoms with E-state index in [0.29, 0.717) is 11.3 Å². The van der Waals surface area contributed by atoms with Crippen LogP contribution in [0.5, 0.6) is 5.75 Å². The number of sulfonamides is 1. The molecule has 0 atom stereocenters. The van der Waals surface area contributed by atoms with Gasteiger partial charge in [0.1, 0.15) is 17.2 Å². The second-order valence-corrected chi connectivity index (χ2v) is 6.89. The summed E-state index contributed by atoms with van der Waals surface area (Å²) in [6.07, 6.45) is -0.323. The number of aliphatic carboxylic acids is 1. The molecule has 0 saturated heterocycles. The number of benzene rings is 2. The van der Waals surface area contributed by atoms with E-state index in [1.165, 1.54) is 25.3 Å². The van der Waals surface area contributed by atoms with E-state index in [2.05, 4.69) is 0 Å². The fourth-order valence-corrected chi connectivity index (χ4v) is 3.87. The maximum absolute atomic E-state index is 13.1. The highest BCUT2D eigenvalue weighted by molar-refractivity contribution is 7.93. The van der Waals surface area contributed by atoms with E-state index in [-0.39, 0.29) is 17.1 Å². The van der Waals surface area contributed by atoms with E-state index >= 15 is 0 Å². The maximum atomic E-state index is 13.1. The Labute approximate surface area is 145 Å². The lowest BCUT2D eigenvalue weighted by atomic mass is 10.1. The molecule has 0 saturated carbocycles. The number of para-hydroxylation sites is 1. The molecule has 2 aromatic rings. The van der Waals surface area contributed by atoms with Gasteiger partial charge in [-0.2, -0.15) is 5.26 Å². The van der Waals surface area contributed by atoms with Gasteiger partial charge in [0.05, 0.1) is 25.3 Å². The Hall–Kier alpha value is -3.05. The van der Waals surface area contributed by atoms with E-state index in [4.69, 9.17) is 15.1 Å². The summed E-state index contributed by atoms with van der Waals surface area (Å²) in [5.41, 5.74) is 0.645. The van der Waals surface area contributed by atoms with Gasteiger partial charge in [0.15, 0.2) is 0 Å². The van der Waals surface area contributed by atoms with Crippen LogP contribution >= 0.6 is 0 Å². The van der Waals surface area contributed by atoms with Crippen molar-refractivity contribution in [3.8, 4) is 11.8 Å². The zero-order valence-electron chi connectivity index (χ0n) is 13.4. The van der Waals surface area contributed by atoms with Crippen molar-refractivity contribution in [3.05, 3.63) is 54.1 Å². The lowest BCUT2D eigenvalue weighted by Crippen LogP contribution is -2.31. The number of methoxy groups -OCH3 is 1. The van der Waals surface area contributed by atoms with Crippen LogP contribution in [0.3, 0.4) is 0 Å². The summed E-state index contributed by atoms with van der Waals surface area (Å²) in [6, 6.07) is 14.2. The van der Waals surface area contributed by atoms with Crippen molar-refractivity contribution >= 4 is 21.7 Å². The van der Waals surface area contributed by atoms with Gasteiger partial charge in [-0.3, -0.25) is 9.10 Å². The molecular weight excluding hydrogens is 344 g/mol. The van der Waals surface area contributed by atoms with Crippen LogP contribution in [0, 0.1) is 11.3 Å². The Kier molecular flexibility index (Phi) is 5.62. The molecule has 130 valence electrons. The summed E-state index contributed by atoms with van der Waals surface area (Å²) >= 11 is 0. The number of carboxylic acid groups (broad SMARTS) is 1. The molecule has 8 heteroatoms. The lowest BCUT2D eigenvalue weighted by molar-refractivity contribution is -0.136. The topological polar surface area (TPSA) is 108 Å². The first-order valence-corrected chi connectivity index (χ1v) is 8.67. The minimum atomic E-state index is -4.12. The number of carboxylic acids is 1. The van der Waals surface area contributed by atoms with Crippen molar-refractivity contribution in [3.63, 3.8) is 0 Å². The minimum Gasteiger partial charge on any atom is -0.495 e. The molecule has 2 aromatic carbocycles.